The Hall–Kier alpha value is -3.68. The van der Waals surface area contributed by atoms with Gasteiger partial charge >= 0.3 is 0 Å². The molecule has 0 radical (unpaired) electrons. The zero-order chi connectivity index (χ0) is 19.2. The van der Waals surface area contributed by atoms with E-state index in [-0.39, 0.29) is 11.7 Å². The summed E-state index contributed by atoms with van der Waals surface area (Å²) in [5, 5.41) is 11.4. The molecule has 2 N–H and O–H groups in total. The van der Waals surface area contributed by atoms with Crippen LogP contribution in [0.25, 0.3) is 11.0 Å². The van der Waals surface area contributed by atoms with Crippen molar-refractivity contribution in [1.82, 2.24) is 25.1 Å². The number of nitrogens with zero attached hydrogens (tertiary/aromatic N) is 4. The summed E-state index contributed by atoms with van der Waals surface area (Å²) in [6, 6.07) is 13.6. The normalized spacial score (nSPS) is 10.9. The lowest BCUT2D eigenvalue weighted by atomic mass is 10.1. The molecular formula is C20H20N6O2. The molecule has 8 nitrogen and oxygen atoms in total. The molecule has 0 aliphatic carbocycles. The molecular weight excluding hydrogens is 356 g/mol. The Bertz CT molecular complexity index is 1040. The smallest absolute Gasteiger partial charge is 0.287 e. The number of rotatable bonds is 8. The molecule has 28 heavy (non-hydrogen) atoms. The predicted molar refractivity (Wildman–Crippen MR) is 105 cm³/mol. The number of hydrogen-bond donors (Lipinski definition) is 2. The highest BCUT2D eigenvalue weighted by molar-refractivity contribution is 5.91. The second-order valence-electron chi connectivity index (χ2n) is 6.22. The summed E-state index contributed by atoms with van der Waals surface area (Å²) < 4.78 is 6.83. The molecule has 0 atom stereocenters. The van der Waals surface area contributed by atoms with Crippen molar-refractivity contribution in [1.29, 1.82) is 0 Å². The summed E-state index contributed by atoms with van der Waals surface area (Å²) in [4.78, 5) is 20.6. The minimum atomic E-state index is -0.251. The first-order valence-corrected chi connectivity index (χ1v) is 9.07. The van der Waals surface area contributed by atoms with Gasteiger partial charge in [-0.15, -0.1) is 0 Å². The van der Waals surface area contributed by atoms with E-state index in [1.807, 2.05) is 18.2 Å². The molecule has 142 valence electrons. The zero-order valence-corrected chi connectivity index (χ0v) is 15.2. The SMILES string of the molecule is O=C(NCCn1ncc2c(NCCc3ccccc3)ncnc21)c1ccco1. The third kappa shape index (κ3) is 4.01. The average molecular weight is 376 g/mol. The van der Waals surface area contributed by atoms with Gasteiger partial charge in [0.2, 0.25) is 0 Å². The Morgan fingerprint density at radius 1 is 1.07 bits per heavy atom. The van der Waals surface area contributed by atoms with Crippen molar-refractivity contribution in [2.75, 3.05) is 18.4 Å². The standard InChI is InChI=1S/C20H20N6O2/c27-20(17-7-4-12-28-17)22-10-11-26-19-16(13-25-26)18(23-14-24-19)21-9-8-15-5-2-1-3-6-15/h1-7,12-14H,8-11H2,(H,22,27)(H,21,23,24). The van der Waals surface area contributed by atoms with Crippen molar-refractivity contribution in [2.24, 2.45) is 0 Å². The molecule has 0 saturated heterocycles. The maximum absolute atomic E-state index is 11.9. The fourth-order valence-electron chi connectivity index (χ4n) is 2.94. The molecule has 4 rings (SSSR count). The van der Waals surface area contributed by atoms with E-state index in [9.17, 15) is 4.79 Å². The van der Waals surface area contributed by atoms with Gasteiger partial charge in [-0.3, -0.25) is 4.79 Å². The zero-order valence-electron chi connectivity index (χ0n) is 15.2. The van der Waals surface area contributed by atoms with E-state index in [0.717, 1.165) is 29.8 Å². The first-order chi connectivity index (χ1) is 13.8. The summed E-state index contributed by atoms with van der Waals surface area (Å²) >= 11 is 0. The molecule has 4 aromatic rings. The van der Waals surface area contributed by atoms with E-state index in [0.29, 0.717) is 13.1 Å². The molecule has 0 aliphatic heterocycles. The fourth-order valence-corrected chi connectivity index (χ4v) is 2.94. The van der Waals surface area contributed by atoms with Gasteiger partial charge in [0.25, 0.3) is 5.91 Å². The summed E-state index contributed by atoms with van der Waals surface area (Å²) in [7, 11) is 0. The Morgan fingerprint density at radius 3 is 2.79 bits per heavy atom. The number of carbonyl (C=O) groups is 1. The molecule has 0 aliphatic rings. The lowest BCUT2D eigenvalue weighted by Gasteiger charge is -2.07. The third-order valence-corrected chi connectivity index (χ3v) is 4.34. The summed E-state index contributed by atoms with van der Waals surface area (Å²) in [5.74, 6) is 0.795. The number of benzene rings is 1. The number of nitrogens with one attached hydrogen (secondary N) is 2. The molecule has 1 amide bonds. The summed E-state index contributed by atoms with van der Waals surface area (Å²) in [6.07, 6.45) is 5.64. The van der Waals surface area contributed by atoms with Gasteiger partial charge in [0, 0.05) is 13.1 Å². The van der Waals surface area contributed by atoms with Gasteiger partial charge in [-0.25, -0.2) is 14.6 Å². The number of aromatic nitrogens is 4. The Kier molecular flexibility index (Phi) is 5.28. The van der Waals surface area contributed by atoms with Crippen LogP contribution < -0.4 is 10.6 Å². The third-order valence-electron chi connectivity index (χ3n) is 4.34. The van der Waals surface area contributed by atoms with Gasteiger partial charge in [-0.1, -0.05) is 30.3 Å². The number of carbonyl (C=O) groups excluding carboxylic acids is 1. The minimum Gasteiger partial charge on any atom is -0.459 e. The van der Waals surface area contributed by atoms with Gasteiger partial charge in [0.05, 0.1) is 24.4 Å². The number of hydrogen-bond acceptors (Lipinski definition) is 6. The molecule has 0 unspecified atom stereocenters. The van der Waals surface area contributed by atoms with Gasteiger partial charge in [-0.05, 0) is 24.1 Å². The fraction of sp³-hybridized carbons (Fsp3) is 0.200. The Balaban J connectivity index is 1.36. The van der Waals surface area contributed by atoms with Crippen LogP contribution in [0.2, 0.25) is 0 Å². The molecule has 0 fully saturated rings. The van der Waals surface area contributed by atoms with Crippen LogP contribution in [-0.2, 0) is 13.0 Å². The molecule has 0 bridgehead atoms. The molecule has 3 heterocycles. The predicted octanol–water partition coefficient (Wildman–Crippen LogP) is 2.50. The van der Waals surface area contributed by atoms with Crippen molar-refractivity contribution in [2.45, 2.75) is 13.0 Å². The minimum absolute atomic E-state index is 0.251. The maximum atomic E-state index is 11.9. The van der Waals surface area contributed by atoms with Gasteiger partial charge in [0.1, 0.15) is 12.1 Å². The number of amides is 1. The Morgan fingerprint density at radius 2 is 1.96 bits per heavy atom. The van der Waals surface area contributed by atoms with Gasteiger partial charge < -0.3 is 15.1 Å². The molecule has 3 aromatic heterocycles. The van der Waals surface area contributed by atoms with E-state index in [4.69, 9.17) is 4.42 Å². The topological polar surface area (TPSA) is 97.9 Å². The van der Waals surface area contributed by atoms with Crippen molar-refractivity contribution in [3.05, 3.63) is 72.6 Å². The van der Waals surface area contributed by atoms with Crippen molar-refractivity contribution < 1.29 is 9.21 Å². The summed E-state index contributed by atoms with van der Waals surface area (Å²) in [6.45, 7) is 1.67. The average Bonchev–Trinajstić information content (AvgIpc) is 3.40. The van der Waals surface area contributed by atoms with Crippen LogP contribution in [0.15, 0.2) is 65.7 Å². The van der Waals surface area contributed by atoms with Gasteiger partial charge in [0.15, 0.2) is 11.4 Å². The van der Waals surface area contributed by atoms with Crippen LogP contribution in [0.4, 0.5) is 5.82 Å². The lowest BCUT2D eigenvalue weighted by molar-refractivity contribution is 0.0924. The lowest BCUT2D eigenvalue weighted by Crippen LogP contribution is -2.27. The second kappa shape index (κ2) is 8.34. The highest BCUT2D eigenvalue weighted by atomic mass is 16.3. The van der Waals surface area contributed by atoms with Crippen LogP contribution in [0.1, 0.15) is 16.1 Å². The molecule has 0 spiro atoms. The van der Waals surface area contributed by atoms with Crippen LogP contribution in [-0.4, -0.2) is 38.7 Å². The van der Waals surface area contributed by atoms with E-state index in [2.05, 4.69) is 37.8 Å². The highest BCUT2D eigenvalue weighted by Gasteiger charge is 2.11. The van der Waals surface area contributed by atoms with Gasteiger partial charge in [-0.2, -0.15) is 5.10 Å². The van der Waals surface area contributed by atoms with E-state index >= 15 is 0 Å². The van der Waals surface area contributed by atoms with E-state index < -0.39 is 0 Å². The molecule has 8 heteroatoms. The monoisotopic (exact) mass is 376 g/mol. The first kappa shape index (κ1) is 17.7. The largest absolute Gasteiger partial charge is 0.459 e. The number of furan rings is 1. The van der Waals surface area contributed by atoms with Crippen LogP contribution in [0.5, 0.6) is 0 Å². The van der Waals surface area contributed by atoms with E-state index in [1.165, 1.54) is 18.2 Å². The number of anilines is 1. The maximum Gasteiger partial charge on any atom is 0.287 e. The Labute approximate surface area is 161 Å². The van der Waals surface area contributed by atoms with Crippen molar-refractivity contribution in [3.8, 4) is 0 Å². The van der Waals surface area contributed by atoms with Crippen LogP contribution >= 0.6 is 0 Å². The number of fused-ring (bicyclic) bond motifs is 1. The second-order valence-corrected chi connectivity index (χ2v) is 6.22. The summed E-state index contributed by atoms with van der Waals surface area (Å²) in [5.41, 5.74) is 1.99. The first-order valence-electron chi connectivity index (χ1n) is 9.07. The quantitative estimate of drug-likeness (QED) is 0.490. The van der Waals surface area contributed by atoms with E-state index in [1.54, 1.807) is 23.0 Å². The van der Waals surface area contributed by atoms with Crippen molar-refractivity contribution in [3.63, 3.8) is 0 Å². The molecule has 1 aromatic carbocycles. The van der Waals surface area contributed by atoms with Crippen LogP contribution in [0, 0.1) is 0 Å². The van der Waals surface area contributed by atoms with Crippen LogP contribution in [0.3, 0.4) is 0 Å². The van der Waals surface area contributed by atoms with Crippen molar-refractivity contribution >= 4 is 22.8 Å². The molecule has 0 saturated carbocycles. The highest BCUT2D eigenvalue weighted by Crippen LogP contribution is 2.18.